The van der Waals surface area contributed by atoms with Crippen molar-refractivity contribution < 1.29 is 23.9 Å². The molecule has 3 aliphatic rings. The SMILES string of the molecule is CCCC(OC(=O)c1cc(-c2ccc(N3C(=O)C4C5CCC(C5)C4C3=O)cc2)nc2ccccc12)C(=O)c1ccccc1. The number of benzene rings is 3. The molecule has 43 heavy (non-hydrogen) atoms. The summed E-state index contributed by atoms with van der Waals surface area (Å²) in [7, 11) is 0. The zero-order chi connectivity index (χ0) is 29.7. The van der Waals surface area contributed by atoms with Crippen LogP contribution in [0.5, 0.6) is 0 Å². The highest BCUT2D eigenvalue weighted by Gasteiger charge is 2.61. The Bertz CT molecular complexity index is 1720. The number of amides is 2. The maximum atomic E-state index is 13.6. The van der Waals surface area contributed by atoms with E-state index < -0.39 is 12.1 Å². The van der Waals surface area contributed by atoms with Crippen LogP contribution in [0.2, 0.25) is 0 Å². The predicted octanol–water partition coefficient (Wildman–Crippen LogP) is 6.65. The molecule has 2 bridgehead atoms. The summed E-state index contributed by atoms with van der Waals surface area (Å²) in [6, 6.07) is 25.1. The largest absolute Gasteiger partial charge is 0.450 e. The summed E-state index contributed by atoms with van der Waals surface area (Å²) in [5.74, 6) is -0.655. The van der Waals surface area contributed by atoms with Crippen LogP contribution in [0.1, 0.15) is 59.7 Å². The molecule has 2 aliphatic carbocycles. The zero-order valence-electron chi connectivity index (χ0n) is 23.9. The van der Waals surface area contributed by atoms with E-state index in [0.717, 1.165) is 24.8 Å². The molecule has 5 atom stereocenters. The molecule has 7 rings (SSSR count). The summed E-state index contributed by atoms with van der Waals surface area (Å²) in [6.45, 7) is 1.95. The van der Waals surface area contributed by atoms with E-state index >= 15 is 0 Å². The van der Waals surface area contributed by atoms with Gasteiger partial charge in [0.2, 0.25) is 17.6 Å². The smallest absolute Gasteiger partial charge is 0.339 e. The van der Waals surface area contributed by atoms with Gasteiger partial charge < -0.3 is 4.74 Å². The molecule has 3 fully saturated rings. The van der Waals surface area contributed by atoms with Crippen LogP contribution < -0.4 is 4.90 Å². The molecular weight excluding hydrogens is 540 g/mol. The molecule has 0 radical (unpaired) electrons. The maximum absolute atomic E-state index is 13.6. The van der Waals surface area contributed by atoms with Crippen LogP contribution in [0.4, 0.5) is 5.69 Å². The molecule has 7 nitrogen and oxygen atoms in total. The summed E-state index contributed by atoms with van der Waals surface area (Å²) in [6.07, 6.45) is 3.26. The van der Waals surface area contributed by atoms with Crippen molar-refractivity contribution in [3.8, 4) is 11.3 Å². The van der Waals surface area contributed by atoms with E-state index in [4.69, 9.17) is 9.72 Å². The van der Waals surface area contributed by atoms with Gasteiger partial charge in [0.1, 0.15) is 0 Å². The van der Waals surface area contributed by atoms with Gasteiger partial charge in [-0.25, -0.2) is 9.78 Å². The van der Waals surface area contributed by atoms with Gasteiger partial charge in [0.05, 0.1) is 34.3 Å². The highest BCUT2D eigenvalue weighted by atomic mass is 16.5. The maximum Gasteiger partial charge on any atom is 0.339 e. The number of carbonyl (C=O) groups is 4. The third-order valence-electron chi connectivity index (χ3n) is 9.44. The van der Waals surface area contributed by atoms with Crippen molar-refractivity contribution >= 4 is 40.2 Å². The standard InChI is InChI=1S/C36H32N2O5/c1-2-8-30(33(39)22-9-4-3-5-10-22)43-36(42)27-20-29(37-28-12-7-6-11-26(27)28)21-15-17-25(18-16-21)38-34(40)31-23-13-14-24(19-23)32(31)35(38)41/h3-7,9-12,15-18,20,23-24,30-32H,2,8,13-14,19H2,1H3. The highest BCUT2D eigenvalue weighted by molar-refractivity contribution is 6.22. The fraction of sp³-hybridized carbons (Fsp3) is 0.306. The molecule has 7 heteroatoms. The van der Waals surface area contributed by atoms with Crippen LogP contribution in [0.15, 0.2) is 84.9 Å². The number of hydrogen-bond donors (Lipinski definition) is 0. The van der Waals surface area contributed by atoms with E-state index in [-0.39, 0.29) is 29.4 Å². The second-order valence-corrected chi connectivity index (χ2v) is 11.9. The van der Waals surface area contributed by atoms with Gasteiger partial charge in [0.15, 0.2) is 6.10 Å². The first-order chi connectivity index (χ1) is 20.9. The Kier molecular flexibility index (Phi) is 6.88. The third kappa shape index (κ3) is 4.63. The lowest BCUT2D eigenvalue weighted by molar-refractivity contribution is -0.123. The van der Waals surface area contributed by atoms with E-state index in [2.05, 4.69) is 0 Å². The van der Waals surface area contributed by atoms with E-state index in [1.54, 1.807) is 42.5 Å². The molecule has 5 unspecified atom stereocenters. The van der Waals surface area contributed by atoms with Gasteiger partial charge in [-0.05, 0) is 61.8 Å². The van der Waals surface area contributed by atoms with E-state index in [1.165, 1.54) is 4.90 Å². The summed E-state index contributed by atoms with van der Waals surface area (Å²) in [5, 5.41) is 0.629. The number of Topliss-reactive ketones (excluding diaryl/α,β-unsaturated/α-hetero) is 1. The molecule has 3 aromatic carbocycles. The Morgan fingerprint density at radius 2 is 1.53 bits per heavy atom. The summed E-state index contributed by atoms with van der Waals surface area (Å²) in [4.78, 5) is 59.6. The molecular formula is C36H32N2O5. The molecule has 1 aliphatic heterocycles. The minimum Gasteiger partial charge on any atom is -0.450 e. The normalized spacial score (nSPS) is 23.0. The van der Waals surface area contributed by atoms with Crippen LogP contribution in [-0.4, -0.2) is 34.7 Å². The van der Waals surface area contributed by atoms with Gasteiger partial charge in [0.25, 0.3) is 0 Å². The first-order valence-corrected chi connectivity index (χ1v) is 15.1. The first-order valence-electron chi connectivity index (χ1n) is 15.1. The number of fused-ring (bicyclic) bond motifs is 6. The number of pyridine rings is 1. The number of ether oxygens (including phenoxy) is 1. The Hall–Kier alpha value is -4.65. The Labute approximate surface area is 249 Å². The Morgan fingerprint density at radius 3 is 2.21 bits per heavy atom. The van der Waals surface area contributed by atoms with Gasteiger partial charge >= 0.3 is 5.97 Å². The molecule has 4 aromatic rings. The van der Waals surface area contributed by atoms with Crippen molar-refractivity contribution in [3.63, 3.8) is 0 Å². The second-order valence-electron chi connectivity index (χ2n) is 11.9. The van der Waals surface area contributed by atoms with Gasteiger partial charge in [-0.1, -0.05) is 74.0 Å². The first kappa shape index (κ1) is 27.2. The highest BCUT2D eigenvalue weighted by Crippen LogP contribution is 2.56. The van der Waals surface area contributed by atoms with Crippen LogP contribution in [0.3, 0.4) is 0 Å². The van der Waals surface area contributed by atoms with Crippen molar-refractivity contribution in [3.05, 3.63) is 96.1 Å². The number of esters is 1. The Morgan fingerprint density at radius 1 is 0.884 bits per heavy atom. The summed E-state index contributed by atoms with van der Waals surface area (Å²) in [5.41, 5.74) is 3.28. The lowest BCUT2D eigenvalue weighted by Gasteiger charge is -2.19. The predicted molar refractivity (Wildman–Crippen MR) is 162 cm³/mol. The minimum atomic E-state index is -0.903. The van der Waals surface area contributed by atoms with Crippen LogP contribution in [0.25, 0.3) is 22.2 Å². The van der Waals surface area contributed by atoms with Gasteiger partial charge in [0, 0.05) is 16.5 Å². The Balaban J connectivity index is 1.18. The number of nitrogens with zero attached hydrogens (tertiary/aromatic N) is 2. The number of rotatable bonds is 8. The number of aromatic nitrogens is 1. The molecule has 1 aromatic heterocycles. The summed E-state index contributed by atoms with van der Waals surface area (Å²) < 4.78 is 5.86. The molecule has 2 saturated carbocycles. The average Bonchev–Trinajstić information content (AvgIpc) is 3.73. The minimum absolute atomic E-state index is 0.0736. The van der Waals surface area contributed by atoms with Crippen molar-refractivity contribution in [2.75, 3.05) is 4.90 Å². The number of para-hydroxylation sites is 1. The van der Waals surface area contributed by atoms with E-state index in [9.17, 15) is 19.2 Å². The molecule has 2 heterocycles. The lowest BCUT2D eigenvalue weighted by Crippen LogP contribution is -2.32. The number of ketones is 1. The fourth-order valence-corrected chi connectivity index (χ4v) is 7.42. The van der Waals surface area contributed by atoms with Gasteiger partial charge in [-0.2, -0.15) is 0 Å². The van der Waals surface area contributed by atoms with Crippen molar-refractivity contribution in [2.45, 2.75) is 45.1 Å². The molecule has 0 spiro atoms. The van der Waals surface area contributed by atoms with Crippen molar-refractivity contribution in [2.24, 2.45) is 23.7 Å². The second kappa shape index (κ2) is 10.9. The van der Waals surface area contributed by atoms with Gasteiger partial charge in [-0.3, -0.25) is 19.3 Å². The number of anilines is 1. The fourth-order valence-electron chi connectivity index (χ4n) is 7.42. The average molecular weight is 573 g/mol. The van der Waals surface area contributed by atoms with E-state index in [1.807, 2.05) is 49.4 Å². The van der Waals surface area contributed by atoms with Crippen LogP contribution in [-0.2, 0) is 14.3 Å². The van der Waals surface area contributed by atoms with Crippen LogP contribution in [0, 0.1) is 23.7 Å². The molecule has 0 N–H and O–H groups in total. The van der Waals surface area contributed by atoms with Gasteiger partial charge in [-0.15, -0.1) is 0 Å². The topological polar surface area (TPSA) is 93.6 Å². The summed E-state index contributed by atoms with van der Waals surface area (Å²) >= 11 is 0. The molecule has 1 saturated heterocycles. The zero-order valence-corrected chi connectivity index (χ0v) is 23.9. The molecule has 216 valence electrons. The van der Waals surface area contributed by atoms with Crippen molar-refractivity contribution in [1.29, 1.82) is 0 Å². The number of carbonyl (C=O) groups excluding carboxylic acids is 4. The van der Waals surface area contributed by atoms with Crippen LogP contribution >= 0.6 is 0 Å². The lowest BCUT2D eigenvalue weighted by atomic mass is 9.81. The van der Waals surface area contributed by atoms with E-state index in [0.29, 0.717) is 58.1 Å². The number of imide groups is 1. The molecule has 2 amide bonds. The monoisotopic (exact) mass is 572 g/mol. The van der Waals surface area contributed by atoms with Crippen molar-refractivity contribution in [1.82, 2.24) is 4.98 Å². The number of hydrogen-bond acceptors (Lipinski definition) is 6. The quantitative estimate of drug-likeness (QED) is 0.133. The third-order valence-corrected chi connectivity index (χ3v) is 9.44.